The van der Waals surface area contributed by atoms with Crippen LogP contribution in [-0.4, -0.2) is 51.8 Å². The number of nitrogens with one attached hydrogen (secondary N) is 1. The molecule has 1 saturated heterocycles. The fourth-order valence-electron chi connectivity index (χ4n) is 3.29. The van der Waals surface area contributed by atoms with Crippen LogP contribution in [0.1, 0.15) is 27.6 Å². The van der Waals surface area contributed by atoms with Crippen LogP contribution in [-0.2, 0) is 11.3 Å². The molecule has 1 N–H and O–H groups in total. The number of fused-ring (bicyclic) bond motifs is 1. The highest BCUT2D eigenvalue weighted by Crippen LogP contribution is 2.21. The molecule has 1 aliphatic heterocycles. The van der Waals surface area contributed by atoms with E-state index in [0.29, 0.717) is 12.3 Å². The van der Waals surface area contributed by atoms with Crippen molar-refractivity contribution < 1.29 is 9.53 Å². The van der Waals surface area contributed by atoms with Gasteiger partial charge in [-0.1, -0.05) is 18.2 Å². The number of aromatic nitrogens is 4. The lowest BCUT2D eigenvalue weighted by Crippen LogP contribution is -2.37. The number of morpholine rings is 1. The van der Waals surface area contributed by atoms with Crippen LogP contribution in [0.5, 0.6) is 0 Å². The van der Waals surface area contributed by atoms with Crippen LogP contribution in [0.4, 0.5) is 5.69 Å². The summed E-state index contributed by atoms with van der Waals surface area (Å²) >= 11 is 0. The zero-order valence-electron chi connectivity index (χ0n) is 15.5. The standard InChI is InChI=1S/C19H22N6O2/c1-13-11-14(2)25-19(21-13)22-17(23-25)18(26)20-12-15-5-3-4-6-16(15)24-7-9-27-10-8-24/h3-6,11H,7-10,12H2,1-2H3,(H,20,26). The summed E-state index contributed by atoms with van der Waals surface area (Å²) in [7, 11) is 0. The Morgan fingerprint density at radius 3 is 2.78 bits per heavy atom. The van der Waals surface area contributed by atoms with Crippen molar-refractivity contribution in [3.63, 3.8) is 0 Å². The van der Waals surface area contributed by atoms with Crippen LogP contribution in [0.2, 0.25) is 0 Å². The minimum Gasteiger partial charge on any atom is -0.378 e. The molecule has 0 radical (unpaired) electrons. The molecule has 0 unspecified atom stereocenters. The van der Waals surface area contributed by atoms with E-state index in [1.165, 1.54) is 0 Å². The molecule has 4 rings (SSSR count). The van der Waals surface area contributed by atoms with Crippen molar-refractivity contribution in [3.8, 4) is 0 Å². The van der Waals surface area contributed by atoms with Gasteiger partial charge in [0.25, 0.3) is 11.7 Å². The van der Waals surface area contributed by atoms with Gasteiger partial charge in [-0.15, -0.1) is 5.10 Å². The Bertz CT molecular complexity index is 977. The molecule has 0 bridgehead atoms. The summed E-state index contributed by atoms with van der Waals surface area (Å²) in [5.41, 5.74) is 3.92. The Balaban J connectivity index is 1.51. The van der Waals surface area contributed by atoms with Crippen LogP contribution in [0.3, 0.4) is 0 Å². The third-order valence-corrected chi connectivity index (χ3v) is 4.60. The van der Waals surface area contributed by atoms with Crippen molar-refractivity contribution in [3.05, 3.63) is 53.1 Å². The first kappa shape index (κ1) is 17.4. The highest BCUT2D eigenvalue weighted by molar-refractivity contribution is 5.90. The molecular formula is C19H22N6O2. The molecule has 0 aliphatic carbocycles. The molecular weight excluding hydrogens is 344 g/mol. The predicted molar refractivity (Wildman–Crippen MR) is 101 cm³/mol. The minimum atomic E-state index is -0.311. The normalized spacial score (nSPS) is 14.5. The Morgan fingerprint density at radius 1 is 1.19 bits per heavy atom. The molecule has 1 fully saturated rings. The fraction of sp³-hybridized carbons (Fsp3) is 0.368. The van der Waals surface area contributed by atoms with E-state index in [9.17, 15) is 4.79 Å². The van der Waals surface area contributed by atoms with Gasteiger partial charge in [0, 0.05) is 36.7 Å². The van der Waals surface area contributed by atoms with Crippen LogP contribution in [0.15, 0.2) is 30.3 Å². The van der Waals surface area contributed by atoms with Gasteiger partial charge in [-0.3, -0.25) is 4.79 Å². The van der Waals surface area contributed by atoms with Gasteiger partial charge in [-0.25, -0.2) is 9.50 Å². The first-order chi connectivity index (χ1) is 13.1. The SMILES string of the molecule is Cc1cc(C)n2nc(C(=O)NCc3ccccc3N3CCOCC3)nc2n1. The number of aryl methyl sites for hydroxylation is 2. The summed E-state index contributed by atoms with van der Waals surface area (Å²) in [6.45, 7) is 7.36. The number of benzene rings is 1. The quantitative estimate of drug-likeness (QED) is 0.753. The number of para-hydroxylation sites is 1. The van der Waals surface area contributed by atoms with Crippen molar-refractivity contribution in [2.45, 2.75) is 20.4 Å². The third kappa shape index (κ3) is 3.61. The Morgan fingerprint density at radius 2 is 1.96 bits per heavy atom. The van der Waals surface area contributed by atoms with E-state index in [2.05, 4.69) is 31.3 Å². The molecule has 3 aromatic rings. The molecule has 1 aliphatic rings. The second-order valence-electron chi connectivity index (χ2n) is 6.60. The molecule has 0 spiro atoms. The van der Waals surface area contributed by atoms with Crippen molar-refractivity contribution in [1.82, 2.24) is 24.9 Å². The van der Waals surface area contributed by atoms with E-state index in [4.69, 9.17) is 4.74 Å². The second-order valence-corrected chi connectivity index (χ2v) is 6.60. The number of carbonyl (C=O) groups is 1. The summed E-state index contributed by atoms with van der Waals surface area (Å²) in [5.74, 6) is 0.251. The van der Waals surface area contributed by atoms with E-state index < -0.39 is 0 Å². The molecule has 2 aromatic heterocycles. The topological polar surface area (TPSA) is 84.7 Å². The second kappa shape index (κ2) is 7.32. The van der Waals surface area contributed by atoms with E-state index in [1.807, 2.05) is 38.1 Å². The van der Waals surface area contributed by atoms with Gasteiger partial charge in [0.05, 0.1) is 13.2 Å². The van der Waals surface area contributed by atoms with Crippen LogP contribution < -0.4 is 10.2 Å². The fourth-order valence-corrected chi connectivity index (χ4v) is 3.29. The maximum atomic E-state index is 12.6. The average molecular weight is 366 g/mol. The van der Waals surface area contributed by atoms with E-state index in [-0.39, 0.29) is 11.7 Å². The number of nitrogens with zero attached hydrogens (tertiary/aromatic N) is 5. The Hall–Kier alpha value is -3.00. The third-order valence-electron chi connectivity index (χ3n) is 4.60. The van der Waals surface area contributed by atoms with Crippen molar-refractivity contribution in [1.29, 1.82) is 0 Å². The highest BCUT2D eigenvalue weighted by Gasteiger charge is 2.17. The number of hydrogen-bond donors (Lipinski definition) is 1. The summed E-state index contributed by atoms with van der Waals surface area (Å²) < 4.78 is 7.01. The Labute approximate surface area is 157 Å². The van der Waals surface area contributed by atoms with Crippen molar-refractivity contribution >= 4 is 17.4 Å². The van der Waals surface area contributed by atoms with Gasteiger partial charge >= 0.3 is 0 Å². The van der Waals surface area contributed by atoms with Crippen molar-refractivity contribution in [2.75, 3.05) is 31.2 Å². The summed E-state index contributed by atoms with van der Waals surface area (Å²) in [6, 6.07) is 9.99. The van der Waals surface area contributed by atoms with Gasteiger partial charge in [-0.2, -0.15) is 4.98 Å². The zero-order valence-corrected chi connectivity index (χ0v) is 15.5. The lowest BCUT2D eigenvalue weighted by atomic mass is 10.1. The van der Waals surface area contributed by atoms with Crippen LogP contribution >= 0.6 is 0 Å². The van der Waals surface area contributed by atoms with Gasteiger partial charge in [0.15, 0.2) is 0 Å². The maximum absolute atomic E-state index is 12.6. The lowest BCUT2D eigenvalue weighted by Gasteiger charge is -2.30. The molecule has 1 aromatic carbocycles. The van der Waals surface area contributed by atoms with Crippen molar-refractivity contribution in [2.24, 2.45) is 0 Å². The molecule has 8 heteroatoms. The number of ether oxygens (including phenoxy) is 1. The van der Waals surface area contributed by atoms with Gasteiger partial charge in [0.2, 0.25) is 5.82 Å². The molecule has 0 saturated carbocycles. The molecule has 1 amide bonds. The first-order valence-electron chi connectivity index (χ1n) is 9.01. The molecule has 3 heterocycles. The van der Waals surface area contributed by atoms with E-state index in [1.54, 1.807) is 4.52 Å². The molecule has 27 heavy (non-hydrogen) atoms. The van der Waals surface area contributed by atoms with Gasteiger partial charge in [-0.05, 0) is 31.5 Å². The summed E-state index contributed by atoms with van der Waals surface area (Å²) in [6.07, 6.45) is 0. The van der Waals surface area contributed by atoms with Crippen LogP contribution in [0, 0.1) is 13.8 Å². The summed E-state index contributed by atoms with van der Waals surface area (Å²) in [5, 5.41) is 7.21. The first-order valence-corrected chi connectivity index (χ1v) is 9.01. The van der Waals surface area contributed by atoms with E-state index >= 15 is 0 Å². The number of carbonyl (C=O) groups excluding carboxylic acids is 1. The summed E-state index contributed by atoms with van der Waals surface area (Å²) in [4.78, 5) is 23.4. The lowest BCUT2D eigenvalue weighted by molar-refractivity contribution is 0.0940. The average Bonchev–Trinajstić information content (AvgIpc) is 3.11. The molecule has 140 valence electrons. The zero-order chi connectivity index (χ0) is 18.8. The predicted octanol–water partition coefficient (Wildman–Crippen LogP) is 1.51. The van der Waals surface area contributed by atoms with Gasteiger partial charge < -0.3 is 15.0 Å². The number of rotatable bonds is 4. The largest absolute Gasteiger partial charge is 0.378 e. The smallest absolute Gasteiger partial charge is 0.291 e. The molecule has 8 nitrogen and oxygen atoms in total. The van der Waals surface area contributed by atoms with Crippen LogP contribution in [0.25, 0.3) is 5.78 Å². The monoisotopic (exact) mass is 366 g/mol. The molecule has 0 atom stereocenters. The minimum absolute atomic E-state index is 0.125. The van der Waals surface area contributed by atoms with E-state index in [0.717, 1.165) is 48.9 Å². The maximum Gasteiger partial charge on any atom is 0.291 e. The highest BCUT2D eigenvalue weighted by atomic mass is 16.5. The number of hydrogen-bond acceptors (Lipinski definition) is 6. The Kier molecular flexibility index (Phi) is 4.72. The number of anilines is 1. The van der Waals surface area contributed by atoms with Gasteiger partial charge in [0.1, 0.15) is 0 Å². The number of amides is 1.